The number of carbonyl (C=O) groups excluding carboxylic acids is 1. The van der Waals surface area contributed by atoms with E-state index in [2.05, 4.69) is 15.1 Å². The third-order valence-corrected chi connectivity index (χ3v) is 4.80. The van der Waals surface area contributed by atoms with E-state index in [1.807, 2.05) is 48.5 Å². The third-order valence-electron chi connectivity index (χ3n) is 4.80. The van der Waals surface area contributed by atoms with E-state index in [1.165, 1.54) is 0 Å². The van der Waals surface area contributed by atoms with E-state index in [0.29, 0.717) is 18.8 Å². The lowest BCUT2D eigenvalue weighted by Gasteiger charge is -2.34. The van der Waals surface area contributed by atoms with Crippen molar-refractivity contribution in [1.82, 2.24) is 14.4 Å². The summed E-state index contributed by atoms with van der Waals surface area (Å²) in [5.74, 6) is -0.340. The minimum Gasteiger partial charge on any atom is -0.408 e. The molecule has 1 fully saturated rings. The number of nitrogens with zero attached hydrogens (tertiary/aromatic N) is 3. The van der Waals surface area contributed by atoms with Gasteiger partial charge in [-0.1, -0.05) is 30.3 Å². The van der Waals surface area contributed by atoms with Crippen molar-refractivity contribution in [3.8, 4) is 0 Å². The van der Waals surface area contributed by atoms with Gasteiger partial charge in [-0.05, 0) is 24.3 Å². The molecule has 4 rings (SSSR count). The van der Waals surface area contributed by atoms with Crippen LogP contribution < -0.4 is 11.1 Å². The number of anilines is 1. The molecule has 2 heterocycles. The molecule has 0 unspecified atom stereocenters. The molecule has 140 valence electrons. The molecular weight excluding hydrogens is 344 g/mol. The van der Waals surface area contributed by atoms with Crippen LogP contribution in [-0.2, 0) is 11.5 Å². The minimum atomic E-state index is -0.333. The maximum atomic E-state index is 12.2. The summed E-state index contributed by atoms with van der Waals surface area (Å²) in [4.78, 5) is 28.6. The van der Waals surface area contributed by atoms with Gasteiger partial charge in [-0.15, -0.1) is 0 Å². The number of hydrogen-bond donors (Lipinski definition) is 1. The van der Waals surface area contributed by atoms with Gasteiger partial charge in [0.25, 0.3) is 0 Å². The number of hydrogen-bond acceptors (Lipinski definition) is 5. The Labute approximate surface area is 156 Å². The van der Waals surface area contributed by atoms with E-state index in [9.17, 15) is 9.59 Å². The molecule has 0 bridgehead atoms. The summed E-state index contributed by atoms with van der Waals surface area (Å²) in [6.45, 7) is 4.03. The highest BCUT2D eigenvalue weighted by Gasteiger charge is 2.20. The molecule has 0 atom stereocenters. The van der Waals surface area contributed by atoms with Crippen LogP contribution in [0.1, 0.15) is 0 Å². The first-order valence-corrected chi connectivity index (χ1v) is 9.07. The molecule has 3 aromatic rings. The minimum absolute atomic E-state index is 0.00769. The molecule has 1 aromatic heterocycles. The second-order valence-corrected chi connectivity index (χ2v) is 6.71. The molecule has 1 aliphatic rings. The summed E-state index contributed by atoms with van der Waals surface area (Å²) in [6.07, 6.45) is 0. The maximum absolute atomic E-state index is 12.2. The predicted octanol–water partition coefficient (Wildman–Crippen LogP) is 1.81. The molecule has 7 nitrogen and oxygen atoms in total. The summed E-state index contributed by atoms with van der Waals surface area (Å²) in [5, 5.41) is 2.91. The van der Waals surface area contributed by atoms with Crippen LogP contribution in [0.4, 0.5) is 5.69 Å². The first kappa shape index (κ1) is 17.5. The normalized spacial score (nSPS) is 15.9. The smallest absolute Gasteiger partial charge is 0.408 e. The van der Waals surface area contributed by atoms with Crippen LogP contribution >= 0.6 is 0 Å². The molecule has 1 amide bonds. The molecule has 7 heteroatoms. The summed E-state index contributed by atoms with van der Waals surface area (Å²) in [7, 11) is 0. The van der Waals surface area contributed by atoms with Crippen molar-refractivity contribution >= 4 is 22.7 Å². The van der Waals surface area contributed by atoms with Crippen LogP contribution in [0.3, 0.4) is 0 Å². The van der Waals surface area contributed by atoms with Crippen molar-refractivity contribution in [2.24, 2.45) is 0 Å². The zero-order valence-corrected chi connectivity index (χ0v) is 15.0. The van der Waals surface area contributed by atoms with E-state index in [1.54, 1.807) is 10.6 Å². The van der Waals surface area contributed by atoms with E-state index in [-0.39, 0.29) is 11.7 Å². The number of carbonyl (C=O) groups is 1. The van der Waals surface area contributed by atoms with Crippen LogP contribution in [0.2, 0.25) is 0 Å². The fourth-order valence-corrected chi connectivity index (χ4v) is 3.36. The number of piperazine rings is 1. The summed E-state index contributed by atoms with van der Waals surface area (Å²) in [6, 6.07) is 16.9. The molecule has 0 spiro atoms. The highest BCUT2D eigenvalue weighted by atomic mass is 16.4. The Kier molecular flexibility index (Phi) is 5.04. The van der Waals surface area contributed by atoms with Gasteiger partial charge >= 0.3 is 5.76 Å². The Morgan fingerprint density at radius 2 is 1.59 bits per heavy atom. The lowest BCUT2D eigenvalue weighted by molar-refractivity contribution is -0.117. The average molecular weight is 366 g/mol. The molecule has 0 aliphatic carbocycles. The van der Waals surface area contributed by atoms with Crippen molar-refractivity contribution < 1.29 is 9.21 Å². The zero-order chi connectivity index (χ0) is 18.6. The number of benzene rings is 2. The van der Waals surface area contributed by atoms with E-state index < -0.39 is 0 Å². The summed E-state index contributed by atoms with van der Waals surface area (Å²) in [5.41, 5.74) is 2.23. The number of oxazole rings is 1. The molecule has 1 aliphatic heterocycles. The third kappa shape index (κ3) is 4.10. The number of para-hydroxylation sites is 3. The summed E-state index contributed by atoms with van der Waals surface area (Å²) >= 11 is 0. The van der Waals surface area contributed by atoms with Crippen LogP contribution in [0, 0.1) is 0 Å². The maximum Gasteiger partial charge on any atom is 0.421 e. The fourth-order valence-electron chi connectivity index (χ4n) is 3.36. The largest absolute Gasteiger partial charge is 0.421 e. The zero-order valence-electron chi connectivity index (χ0n) is 15.0. The van der Waals surface area contributed by atoms with E-state index in [4.69, 9.17) is 4.42 Å². The van der Waals surface area contributed by atoms with Gasteiger partial charge in [0, 0.05) is 31.9 Å². The first-order valence-electron chi connectivity index (χ1n) is 9.07. The van der Waals surface area contributed by atoms with Gasteiger partial charge in [0.15, 0.2) is 5.58 Å². The number of amides is 1. The average Bonchev–Trinajstić information content (AvgIpc) is 2.99. The van der Waals surface area contributed by atoms with Gasteiger partial charge in [0.1, 0.15) is 0 Å². The van der Waals surface area contributed by atoms with E-state index >= 15 is 0 Å². The van der Waals surface area contributed by atoms with Crippen LogP contribution in [0.5, 0.6) is 0 Å². The van der Waals surface area contributed by atoms with Gasteiger partial charge in [0.2, 0.25) is 5.91 Å². The van der Waals surface area contributed by atoms with Crippen molar-refractivity contribution in [3.63, 3.8) is 0 Å². The Morgan fingerprint density at radius 1 is 0.926 bits per heavy atom. The van der Waals surface area contributed by atoms with Gasteiger partial charge in [-0.25, -0.2) is 4.79 Å². The first-order chi connectivity index (χ1) is 13.2. The highest BCUT2D eigenvalue weighted by Crippen LogP contribution is 2.13. The topological polar surface area (TPSA) is 70.7 Å². The molecule has 0 radical (unpaired) electrons. The number of rotatable bonds is 5. The predicted molar refractivity (Wildman–Crippen MR) is 104 cm³/mol. The monoisotopic (exact) mass is 366 g/mol. The molecule has 1 N–H and O–H groups in total. The van der Waals surface area contributed by atoms with Gasteiger partial charge in [-0.2, -0.15) is 0 Å². The standard InChI is InChI=1S/C20H22N4O3/c25-19(21-16-6-2-1-3-7-16)14-22-10-12-23(13-11-22)15-24-17-8-4-5-9-18(17)27-20(24)26/h1-9H,10-15H2,(H,21,25). The van der Waals surface area contributed by atoms with Crippen LogP contribution in [0.25, 0.3) is 11.1 Å². The molecule has 0 saturated carbocycles. The molecular formula is C20H22N4O3. The van der Waals surface area contributed by atoms with Crippen molar-refractivity contribution in [2.45, 2.75) is 6.67 Å². The van der Waals surface area contributed by atoms with E-state index in [0.717, 1.165) is 37.4 Å². The SMILES string of the molecule is O=C(CN1CCN(Cn2c(=O)oc3ccccc32)CC1)Nc1ccccc1. The van der Waals surface area contributed by atoms with Crippen LogP contribution in [0.15, 0.2) is 63.8 Å². The van der Waals surface area contributed by atoms with Gasteiger partial charge in [0.05, 0.1) is 18.7 Å². The Morgan fingerprint density at radius 3 is 2.37 bits per heavy atom. The number of fused-ring (bicyclic) bond motifs is 1. The molecule has 27 heavy (non-hydrogen) atoms. The molecule has 2 aromatic carbocycles. The Bertz CT molecular complexity index is 972. The highest BCUT2D eigenvalue weighted by molar-refractivity contribution is 5.92. The lowest BCUT2D eigenvalue weighted by atomic mass is 10.3. The van der Waals surface area contributed by atoms with Gasteiger partial charge in [-0.3, -0.25) is 19.2 Å². The van der Waals surface area contributed by atoms with Crippen LogP contribution in [-0.4, -0.2) is 53.0 Å². The second-order valence-electron chi connectivity index (χ2n) is 6.71. The van der Waals surface area contributed by atoms with Gasteiger partial charge < -0.3 is 9.73 Å². The molecule has 1 saturated heterocycles. The lowest BCUT2D eigenvalue weighted by Crippen LogP contribution is -2.49. The number of aromatic nitrogens is 1. The number of nitrogens with one attached hydrogen (secondary N) is 1. The second kappa shape index (κ2) is 7.77. The van der Waals surface area contributed by atoms with Crippen molar-refractivity contribution in [1.29, 1.82) is 0 Å². The quantitative estimate of drug-likeness (QED) is 0.746. The van der Waals surface area contributed by atoms with Crippen molar-refractivity contribution in [3.05, 3.63) is 65.1 Å². The fraction of sp³-hybridized carbons (Fsp3) is 0.300. The Hall–Kier alpha value is -2.90. The Balaban J connectivity index is 1.30. The summed E-state index contributed by atoms with van der Waals surface area (Å²) < 4.78 is 6.95. The van der Waals surface area contributed by atoms with Crippen molar-refractivity contribution in [2.75, 3.05) is 38.0 Å².